The monoisotopic (exact) mass is 359 g/mol. The highest BCUT2D eigenvalue weighted by molar-refractivity contribution is 5.57. The van der Waals surface area contributed by atoms with Crippen molar-refractivity contribution in [2.24, 2.45) is 5.92 Å². The Morgan fingerprint density at radius 3 is 2.63 bits per heavy atom. The summed E-state index contributed by atoms with van der Waals surface area (Å²) >= 11 is 0. The Kier molecular flexibility index (Phi) is 5.28. The van der Waals surface area contributed by atoms with Gasteiger partial charge in [0.05, 0.1) is 6.20 Å². The Hall–Kier alpha value is -2.95. The van der Waals surface area contributed by atoms with Gasteiger partial charge in [0, 0.05) is 18.8 Å². The third-order valence-corrected chi connectivity index (χ3v) is 5.10. The van der Waals surface area contributed by atoms with Crippen LogP contribution in [-0.2, 0) is 6.42 Å². The number of piperidine rings is 1. The van der Waals surface area contributed by atoms with E-state index in [0.29, 0.717) is 5.95 Å². The molecule has 1 aliphatic rings. The number of nitrogens with zero attached hydrogens (tertiary/aromatic N) is 4. The number of anilines is 3. The molecular formula is C22H25N5. The van der Waals surface area contributed by atoms with E-state index in [-0.39, 0.29) is 0 Å². The van der Waals surface area contributed by atoms with Gasteiger partial charge in [0.25, 0.3) is 0 Å². The summed E-state index contributed by atoms with van der Waals surface area (Å²) in [5, 5.41) is 11.7. The maximum atomic E-state index is 4.67. The van der Waals surface area contributed by atoms with E-state index in [4.69, 9.17) is 0 Å². The fraction of sp³-hybridized carbons (Fsp3) is 0.318. The lowest BCUT2D eigenvalue weighted by Gasteiger charge is -2.31. The topological polar surface area (TPSA) is 53.9 Å². The molecule has 5 heteroatoms. The Labute approximate surface area is 160 Å². The first kappa shape index (κ1) is 17.5. The van der Waals surface area contributed by atoms with Crippen molar-refractivity contribution < 1.29 is 0 Å². The van der Waals surface area contributed by atoms with E-state index < -0.39 is 0 Å². The number of aryl methyl sites for hydroxylation is 1. The van der Waals surface area contributed by atoms with Gasteiger partial charge in [-0.3, -0.25) is 0 Å². The summed E-state index contributed by atoms with van der Waals surface area (Å²) in [4.78, 5) is 6.92. The van der Waals surface area contributed by atoms with Crippen LogP contribution >= 0.6 is 0 Å². The van der Waals surface area contributed by atoms with E-state index >= 15 is 0 Å². The van der Waals surface area contributed by atoms with Gasteiger partial charge in [0.15, 0.2) is 5.82 Å². The van der Waals surface area contributed by atoms with Crippen molar-refractivity contribution in [1.29, 1.82) is 0 Å². The summed E-state index contributed by atoms with van der Waals surface area (Å²) in [6.07, 6.45) is 5.15. The summed E-state index contributed by atoms with van der Waals surface area (Å²) in [5.74, 6) is 2.17. The molecule has 0 saturated carbocycles. The quantitative estimate of drug-likeness (QED) is 0.732. The van der Waals surface area contributed by atoms with Crippen LogP contribution in [0, 0.1) is 12.8 Å². The lowest BCUT2D eigenvalue weighted by atomic mass is 9.90. The van der Waals surface area contributed by atoms with Crippen molar-refractivity contribution >= 4 is 17.5 Å². The Morgan fingerprint density at radius 2 is 1.85 bits per heavy atom. The molecule has 1 saturated heterocycles. The molecule has 0 radical (unpaired) electrons. The summed E-state index contributed by atoms with van der Waals surface area (Å²) in [7, 11) is 0. The van der Waals surface area contributed by atoms with Gasteiger partial charge in [0.1, 0.15) is 0 Å². The van der Waals surface area contributed by atoms with Crippen LogP contribution in [0.5, 0.6) is 0 Å². The molecule has 4 rings (SSSR count). The SMILES string of the molecule is Cc1cccc(Nc2cnnc(N3CCC(Cc4ccccc4)CC3)n2)c1. The molecule has 0 amide bonds. The minimum atomic E-state index is 0.714. The zero-order valence-electron chi connectivity index (χ0n) is 15.7. The highest BCUT2D eigenvalue weighted by atomic mass is 15.3. The van der Waals surface area contributed by atoms with Gasteiger partial charge in [-0.1, -0.05) is 42.5 Å². The first-order chi connectivity index (χ1) is 13.3. The van der Waals surface area contributed by atoms with E-state index in [9.17, 15) is 0 Å². The van der Waals surface area contributed by atoms with Crippen LogP contribution in [0.3, 0.4) is 0 Å². The maximum absolute atomic E-state index is 4.67. The van der Waals surface area contributed by atoms with E-state index in [1.165, 1.54) is 11.1 Å². The number of aromatic nitrogens is 3. The second-order valence-electron chi connectivity index (χ2n) is 7.26. The second-order valence-corrected chi connectivity index (χ2v) is 7.26. The molecule has 2 heterocycles. The van der Waals surface area contributed by atoms with E-state index in [1.807, 2.05) is 12.1 Å². The van der Waals surface area contributed by atoms with Crippen molar-refractivity contribution in [1.82, 2.24) is 15.2 Å². The molecule has 0 spiro atoms. The third-order valence-electron chi connectivity index (χ3n) is 5.10. The molecule has 0 aliphatic carbocycles. The van der Waals surface area contributed by atoms with Crippen LogP contribution in [0.2, 0.25) is 0 Å². The van der Waals surface area contributed by atoms with E-state index in [1.54, 1.807) is 6.20 Å². The highest BCUT2D eigenvalue weighted by Gasteiger charge is 2.21. The molecular weight excluding hydrogens is 334 g/mol. The average molecular weight is 359 g/mol. The Morgan fingerprint density at radius 1 is 1.04 bits per heavy atom. The van der Waals surface area contributed by atoms with Crippen molar-refractivity contribution in [3.05, 3.63) is 71.9 Å². The molecule has 1 N–H and O–H groups in total. The molecule has 1 aliphatic heterocycles. The summed E-state index contributed by atoms with van der Waals surface area (Å²) < 4.78 is 0. The zero-order valence-corrected chi connectivity index (χ0v) is 15.7. The summed E-state index contributed by atoms with van der Waals surface area (Å²) in [6, 6.07) is 19.0. The molecule has 138 valence electrons. The normalized spacial score (nSPS) is 14.9. The zero-order chi connectivity index (χ0) is 18.5. The molecule has 1 aromatic heterocycles. The van der Waals surface area contributed by atoms with Gasteiger partial charge in [-0.15, -0.1) is 5.10 Å². The maximum Gasteiger partial charge on any atom is 0.247 e. The smallest absolute Gasteiger partial charge is 0.247 e. The van der Waals surface area contributed by atoms with Crippen molar-refractivity contribution in [2.45, 2.75) is 26.2 Å². The van der Waals surface area contributed by atoms with Gasteiger partial charge in [-0.25, -0.2) is 0 Å². The Bertz CT molecular complexity index is 873. The van der Waals surface area contributed by atoms with Crippen molar-refractivity contribution in [3.8, 4) is 0 Å². The third kappa shape index (κ3) is 4.61. The molecule has 3 aromatic rings. The molecule has 1 fully saturated rings. The van der Waals surface area contributed by atoms with Gasteiger partial charge >= 0.3 is 0 Å². The average Bonchev–Trinajstić information content (AvgIpc) is 2.70. The van der Waals surface area contributed by atoms with Crippen molar-refractivity contribution in [3.63, 3.8) is 0 Å². The first-order valence-electron chi connectivity index (χ1n) is 9.58. The number of rotatable bonds is 5. The van der Waals surface area contributed by atoms with Crippen LogP contribution in [-0.4, -0.2) is 28.3 Å². The van der Waals surface area contributed by atoms with Gasteiger partial charge < -0.3 is 10.2 Å². The number of hydrogen-bond donors (Lipinski definition) is 1. The van der Waals surface area contributed by atoms with E-state index in [0.717, 1.165) is 49.8 Å². The largest absolute Gasteiger partial charge is 0.339 e. The molecule has 2 aromatic carbocycles. The van der Waals surface area contributed by atoms with Gasteiger partial charge in [0.2, 0.25) is 5.95 Å². The highest BCUT2D eigenvalue weighted by Crippen LogP contribution is 2.24. The predicted octanol–water partition coefficient (Wildman–Crippen LogP) is 4.38. The predicted molar refractivity (Wildman–Crippen MR) is 109 cm³/mol. The standard InChI is InChI=1S/C22H25N5/c1-17-6-5-9-20(14-17)24-21-16-23-26-22(25-21)27-12-10-19(11-13-27)15-18-7-3-2-4-8-18/h2-9,14,16,19H,10-13,15H2,1H3,(H,24,25,26). The van der Waals surface area contributed by atoms with Crippen LogP contribution < -0.4 is 10.2 Å². The molecule has 0 bridgehead atoms. The lowest BCUT2D eigenvalue weighted by Crippen LogP contribution is -2.35. The fourth-order valence-corrected chi connectivity index (χ4v) is 3.64. The fourth-order valence-electron chi connectivity index (χ4n) is 3.64. The molecule has 27 heavy (non-hydrogen) atoms. The summed E-state index contributed by atoms with van der Waals surface area (Å²) in [6.45, 7) is 4.04. The number of hydrogen-bond acceptors (Lipinski definition) is 5. The molecule has 5 nitrogen and oxygen atoms in total. The number of nitrogens with one attached hydrogen (secondary N) is 1. The van der Waals surface area contributed by atoms with Crippen molar-refractivity contribution in [2.75, 3.05) is 23.3 Å². The van der Waals surface area contributed by atoms with Crippen LogP contribution in [0.15, 0.2) is 60.8 Å². The van der Waals surface area contributed by atoms with Gasteiger partial charge in [-0.2, -0.15) is 10.1 Å². The Balaban J connectivity index is 1.37. The molecule has 0 atom stereocenters. The van der Waals surface area contributed by atoms with Crippen LogP contribution in [0.25, 0.3) is 0 Å². The van der Waals surface area contributed by atoms with E-state index in [2.05, 4.69) is 74.8 Å². The summed E-state index contributed by atoms with van der Waals surface area (Å²) in [5.41, 5.74) is 3.66. The minimum absolute atomic E-state index is 0.714. The number of benzene rings is 2. The second kappa shape index (κ2) is 8.16. The minimum Gasteiger partial charge on any atom is -0.339 e. The first-order valence-corrected chi connectivity index (χ1v) is 9.58. The molecule has 0 unspecified atom stereocenters. The van der Waals surface area contributed by atoms with Gasteiger partial charge in [-0.05, 0) is 55.4 Å². The lowest BCUT2D eigenvalue weighted by molar-refractivity contribution is 0.400. The van der Waals surface area contributed by atoms with Crippen LogP contribution in [0.1, 0.15) is 24.0 Å². The van der Waals surface area contributed by atoms with Crippen LogP contribution in [0.4, 0.5) is 17.5 Å².